The van der Waals surface area contributed by atoms with Crippen LogP contribution in [0.2, 0.25) is 0 Å². The number of thioether (sulfide) groups is 1. The van der Waals surface area contributed by atoms with Gasteiger partial charge >= 0.3 is 6.09 Å². The third-order valence-electron chi connectivity index (χ3n) is 4.43. The Morgan fingerprint density at radius 3 is 2.59 bits per heavy atom. The average molecular weight is 415 g/mol. The number of amides is 2. The van der Waals surface area contributed by atoms with Crippen LogP contribution in [0, 0.1) is 17.0 Å². The maximum atomic E-state index is 12.6. The van der Waals surface area contributed by atoms with Crippen molar-refractivity contribution in [1.29, 1.82) is 0 Å². The minimum atomic E-state index is -0.741. The van der Waals surface area contributed by atoms with Gasteiger partial charge in [0.05, 0.1) is 16.4 Å². The molecule has 152 valence electrons. The van der Waals surface area contributed by atoms with Crippen molar-refractivity contribution in [2.24, 2.45) is 0 Å². The lowest BCUT2D eigenvalue weighted by molar-refractivity contribution is -0.384. The van der Waals surface area contributed by atoms with Gasteiger partial charge in [-0.25, -0.2) is 4.79 Å². The Bertz CT molecular complexity index is 946. The van der Waals surface area contributed by atoms with Crippen LogP contribution in [-0.2, 0) is 4.79 Å². The number of ether oxygens (including phenoxy) is 1. The van der Waals surface area contributed by atoms with E-state index in [1.54, 1.807) is 4.90 Å². The number of benzene rings is 2. The number of carbonyl (C=O) groups is 2. The Kier molecular flexibility index (Phi) is 6.07. The fourth-order valence-corrected chi connectivity index (χ4v) is 4.02. The van der Waals surface area contributed by atoms with Gasteiger partial charge < -0.3 is 4.74 Å². The molecule has 0 aliphatic carbocycles. The van der Waals surface area contributed by atoms with Gasteiger partial charge in [0, 0.05) is 12.1 Å². The topological polar surface area (TPSA) is 102 Å². The van der Waals surface area contributed by atoms with E-state index in [-0.39, 0.29) is 29.0 Å². The summed E-state index contributed by atoms with van der Waals surface area (Å²) in [5, 5.41) is 13.4. The first-order valence-corrected chi connectivity index (χ1v) is 10.1. The van der Waals surface area contributed by atoms with Crippen molar-refractivity contribution in [3.8, 4) is 5.75 Å². The van der Waals surface area contributed by atoms with Gasteiger partial charge in [-0.3, -0.25) is 25.1 Å². The highest BCUT2D eigenvalue weighted by Crippen LogP contribution is 2.35. The lowest BCUT2D eigenvalue weighted by atomic mass is 9.98. The minimum Gasteiger partial charge on any atom is -0.410 e. The second-order valence-electron chi connectivity index (χ2n) is 6.93. The normalized spacial score (nSPS) is 16.2. The fraction of sp³-hybridized carbons (Fsp3) is 0.300. The highest BCUT2D eigenvalue weighted by Gasteiger charge is 2.36. The highest BCUT2D eigenvalue weighted by molar-refractivity contribution is 8.01. The number of nitro benzene ring substituents is 1. The fourth-order valence-electron chi connectivity index (χ4n) is 3.02. The Hall–Kier alpha value is -3.07. The Labute approximate surface area is 172 Å². The molecule has 1 N–H and O–H groups in total. The number of aryl methyl sites for hydroxylation is 1. The lowest BCUT2D eigenvalue weighted by Crippen LogP contribution is -2.46. The highest BCUT2D eigenvalue weighted by atomic mass is 32.2. The molecule has 0 saturated carbocycles. The molecule has 2 amide bonds. The second kappa shape index (κ2) is 8.52. The molecule has 0 radical (unpaired) electrons. The predicted octanol–water partition coefficient (Wildman–Crippen LogP) is 4.18. The van der Waals surface area contributed by atoms with Crippen LogP contribution in [0.1, 0.15) is 30.9 Å². The van der Waals surface area contributed by atoms with Crippen molar-refractivity contribution in [2.75, 3.05) is 10.7 Å². The van der Waals surface area contributed by atoms with Crippen molar-refractivity contribution >= 4 is 35.1 Å². The standard InChI is InChI=1S/C20H21N3O5S/c1-12(2)16-9-4-13(3)10-17(16)22-18(24)11-29-19(22)21-20(25)28-15-7-5-14(6-8-15)23(26)27/h4-10,12,19H,11H2,1-3H3,(H,21,25). The minimum absolute atomic E-state index is 0.0943. The molecule has 1 aliphatic heterocycles. The van der Waals surface area contributed by atoms with E-state index in [0.717, 1.165) is 16.8 Å². The summed E-state index contributed by atoms with van der Waals surface area (Å²) in [6.45, 7) is 6.05. The van der Waals surface area contributed by atoms with E-state index < -0.39 is 16.5 Å². The molecule has 3 rings (SSSR count). The zero-order valence-corrected chi connectivity index (χ0v) is 17.1. The van der Waals surface area contributed by atoms with E-state index in [4.69, 9.17) is 4.74 Å². The monoisotopic (exact) mass is 415 g/mol. The van der Waals surface area contributed by atoms with Crippen molar-refractivity contribution in [3.05, 3.63) is 63.7 Å². The van der Waals surface area contributed by atoms with E-state index in [1.807, 2.05) is 39.0 Å². The molecule has 1 unspecified atom stereocenters. The second-order valence-corrected chi connectivity index (χ2v) is 8.00. The Balaban J connectivity index is 1.76. The summed E-state index contributed by atoms with van der Waals surface area (Å²) in [7, 11) is 0. The van der Waals surface area contributed by atoms with Crippen molar-refractivity contribution in [3.63, 3.8) is 0 Å². The molecule has 2 aromatic rings. The Morgan fingerprint density at radius 2 is 1.97 bits per heavy atom. The van der Waals surface area contributed by atoms with Gasteiger partial charge in [0.15, 0.2) is 5.50 Å². The predicted molar refractivity (Wildman–Crippen MR) is 111 cm³/mol. The maximum absolute atomic E-state index is 12.6. The molecule has 9 heteroatoms. The molecule has 1 atom stereocenters. The summed E-state index contributed by atoms with van der Waals surface area (Å²) in [5.41, 5.74) is 2.10. The number of nitrogens with one attached hydrogen (secondary N) is 1. The molecule has 2 aromatic carbocycles. The zero-order chi connectivity index (χ0) is 21.1. The summed E-state index contributed by atoms with van der Waals surface area (Å²) >= 11 is 1.30. The van der Waals surface area contributed by atoms with Crippen LogP contribution < -0.4 is 15.0 Å². The lowest BCUT2D eigenvalue weighted by Gasteiger charge is -2.28. The number of hydrogen-bond acceptors (Lipinski definition) is 6. The van der Waals surface area contributed by atoms with Gasteiger partial charge in [-0.2, -0.15) is 0 Å². The van der Waals surface area contributed by atoms with Gasteiger partial charge in [0.25, 0.3) is 5.69 Å². The molecule has 1 aliphatic rings. The Morgan fingerprint density at radius 1 is 1.28 bits per heavy atom. The van der Waals surface area contributed by atoms with Crippen LogP contribution in [0.4, 0.5) is 16.2 Å². The third-order valence-corrected chi connectivity index (χ3v) is 5.49. The van der Waals surface area contributed by atoms with E-state index in [1.165, 1.54) is 36.0 Å². The molecular weight excluding hydrogens is 394 g/mol. The van der Waals surface area contributed by atoms with E-state index in [2.05, 4.69) is 5.32 Å². The molecule has 1 fully saturated rings. The van der Waals surface area contributed by atoms with Crippen LogP contribution in [0.5, 0.6) is 5.75 Å². The SMILES string of the molecule is Cc1ccc(C(C)C)c(N2C(=O)CSC2NC(=O)Oc2ccc([N+](=O)[O-])cc2)c1. The molecule has 0 bridgehead atoms. The molecule has 0 aromatic heterocycles. The number of nitro groups is 1. The summed E-state index contributed by atoms with van der Waals surface area (Å²) < 4.78 is 5.21. The van der Waals surface area contributed by atoms with Crippen LogP contribution >= 0.6 is 11.8 Å². The van der Waals surface area contributed by atoms with Crippen LogP contribution in [0.3, 0.4) is 0 Å². The number of hydrogen-bond donors (Lipinski definition) is 1. The molecule has 0 spiro atoms. The largest absolute Gasteiger partial charge is 0.414 e. The molecule has 1 heterocycles. The van der Waals surface area contributed by atoms with Gasteiger partial charge in [0.1, 0.15) is 5.75 Å². The smallest absolute Gasteiger partial charge is 0.410 e. The van der Waals surface area contributed by atoms with Crippen LogP contribution in [-0.4, -0.2) is 28.2 Å². The van der Waals surface area contributed by atoms with Crippen molar-refractivity contribution in [2.45, 2.75) is 32.2 Å². The third kappa shape index (κ3) is 4.68. The molecule has 8 nitrogen and oxygen atoms in total. The van der Waals surface area contributed by atoms with E-state index in [0.29, 0.717) is 0 Å². The first kappa shape index (κ1) is 20.7. The van der Waals surface area contributed by atoms with Gasteiger partial charge in [-0.15, -0.1) is 11.8 Å². The van der Waals surface area contributed by atoms with Gasteiger partial charge in [0.2, 0.25) is 5.91 Å². The summed E-state index contributed by atoms with van der Waals surface area (Å²) in [6.07, 6.45) is -0.741. The summed E-state index contributed by atoms with van der Waals surface area (Å²) in [6, 6.07) is 11.1. The quantitative estimate of drug-likeness (QED) is 0.581. The zero-order valence-electron chi connectivity index (χ0n) is 16.2. The molecule has 29 heavy (non-hydrogen) atoms. The maximum Gasteiger partial charge on any atom is 0.414 e. The number of non-ortho nitro benzene ring substituents is 1. The average Bonchev–Trinajstić information content (AvgIpc) is 3.01. The van der Waals surface area contributed by atoms with Crippen LogP contribution in [0.25, 0.3) is 0 Å². The summed E-state index contributed by atoms with van der Waals surface area (Å²) in [5.74, 6) is 0.528. The van der Waals surface area contributed by atoms with E-state index in [9.17, 15) is 19.7 Å². The number of rotatable bonds is 5. The number of carbonyl (C=O) groups excluding carboxylic acids is 2. The summed E-state index contributed by atoms with van der Waals surface area (Å²) in [4.78, 5) is 36.7. The first-order chi connectivity index (χ1) is 13.8. The molecular formula is C20H21N3O5S. The van der Waals surface area contributed by atoms with E-state index >= 15 is 0 Å². The number of nitrogens with zero attached hydrogens (tertiary/aromatic N) is 2. The van der Waals surface area contributed by atoms with Gasteiger partial charge in [-0.05, 0) is 42.2 Å². The van der Waals surface area contributed by atoms with Crippen LogP contribution in [0.15, 0.2) is 42.5 Å². The number of anilines is 1. The van der Waals surface area contributed by atoms with Crippen molar-refractivity contribution in [1.82, 2.24) is 5.32 Å². The first-order valence-electron chi connectivity index (χ1n) is 9.03. The van der Waals surface area contributed by atoms with Crippen molar-refractivity contribution < 1.29 is 19.2 Å². The van der Waals surface area contributed by atoms with Gasteiger partial charge in [-0.1, -0.05) is 26.0 Å². The molecule has 1 saturated heterocycles.